The molecule has 2 nitrogen and oxygen atoms in total. The summed E-state index contributed by atoms with van der Waals surface area (Å²) in [5.41, 5.74) is 0. The minimum absolute atomic E-state index is 0. The van der Waals surface area contributed by atoms with Crippen LogP contribution >= 0.6 is 0 Å². The molecule has 0 spiro atoms. The van der Waals surface area contributed by atoms with E-state index < -0.39 is 0 Å². The number of rotatable bonds is 32. The molecule has 0 heterocycles. The summed E-state index contributed by atoms with van der Waals surface area (Å²) in [5, 5.41) is 0. The maximum atomic E-state index is 2.34. The zero-order valence-electron chi connectivity index (χ0n) is 32.3. The summed E-state index contributed by atoms with van der Waals surface area (Å²) < 4.78 is 2.88. The average molecular weight is 851 g/mol. The summed E-state index contributed by atoms with van der Waals surface area (Å²) in [6.45, 7) is 30.2. The van der Waals surface area contributed by atoms with Crippen molar-refractivity contribution in [2.24, 2.45) is 0 Å². The predicted molar refractivity (Wildman–Crippen MR) is 196 cm³/mol. The molecular formula is C40H88I2N2. The van der Waals surface area contributed by atoms with Gasteiger partial charge in [0.1, 0.15) is 0 Å². The molecule has 0 radical (unpaired) electrons. The van der Waals surface area contributed by atoms with Gasteiger partial charge in [-0.05, 0) is 77.0 Å². The van der Waals surface area contributed by atoms with E-state index in [1.165, 1.54) is 215 Å². The van der Waals surface area contributed by atoms with E-state index in [0.29, 0.717) is 0 Å². The van der Waals surface area contributed by atoms with Crippen LogP contribution in [0.5, 0.6) is 0 Å². The van der Waals surface area contributed by atoms with Gasteiger partial charge in [0.2, 0.25) is 0 Å². The number of halogens is 2. The molecule has 0 amide bonds. The molecule has 0 aliphatic carbocycles. The number of nitrogens with zero attached hydrogens (tertiary/aromatic N) is 2. The minimum Gasteiger partial charge on any atom is -1.00 e. The molecule has 0 aliphatic heterocycles. The van der Waals surface area contributed by atoms with Gasteiger partial charge >= 0.3 is 0 Å². The number of hydrogen-bond donors (Lipinski definition) is 0. The molecule has 0 fully saturated rings. The lowest BCUT2D eigenvalue weighted by molar-refractivity contribution is -0.929. The van der Waals surface area contributed by atoms with Crippen molar-refractivity contribution in [2.75, 3.05) is 52.4 Å². The van der Waals surface area contributed by atoms with Gasteiger partial charge in [0.25, 0.3) is 0 Å². The first-order valence-corrected chi connectivity index (χ1v) is 20.2. The Labute approximate surface area is 316 Å². The van der Waals surface area contributed by atoms with Gasteiger partial charge in [0.15, 0.2) is 0 Å². The van der Waals surface area contributed by atoms with Crippen molar-refractivity contribution in [1.82, 2.24) is 0 Å². The van der Waals surface area contributed by atoms with Gasteiger partial charge in [-0.3, -0.25) is 0 Å². The van der Waals surface area contributed by atoms with Crippen LogP contribution < -0.4 is 48.0 Å². The molecule has 0 saturated carbocycles. The Bertz CT molecular complexity index is 409. The van der Waals surface area contributed by atoms with E-state index in [1.54, 1.807) is 0 Å². The number of quaternary nitrogens is 2. The molecule has 0 unspecified atom stereocenters. The van der Waals surface area contributed by atoms with E-state index in [-0.39, 0.29) is 48.0 Å². The van der Waals surface area contributed by atoms with Crippen LogP contribution in [-0.2, 0) is 0 Å². The predicted octanol–water partition coefficient (Wildman–Crippen LogP) is 7.14. The Hall–Kier alpha value is 1.38. The molecule has 0 aromatic carbocycles. The molecule has 0 aromatic heterocycles. The fourth-order valence-corrected chi connectivity index (χ4v) is 6.81. The maximum Gasteiger partial charge on any atom is 0.0786 e. The van der Waals surface area contributed by atoms with Crippen molar-refractivity contribution in [3.63, 3.8) is 0 Å². The topological polar surface area (TPSA) is 0 Å². The Balaban J connectivity index is -0.000000371. The average Bonchev–Trinajstić information content (AvgIpc) is 3.01. The van der Waals surface area contributed by atoms with Crippen LogP contribution in [0.15, 0.2) is 0 Å². The van der Waals surface area contributed by atoms with Crippen LogP contribution in [0.4, 0.5) is 0 Å². The Morgan fingerprint density at radius 2 is 0.364 bits per heavy atom. The van der Waals surface area contributed by atoms with Gasteiger partial charge in [0.05, 0.1) is 52.4 Å². The van der Waals surface area contributed by atoms with Gasteiger partial charge in [-0.25, -0.2) is 0 Å². The van der Waals surface area contributed by atoms with Crippen molar-refractivity contribution < 1.29 is 56.9 Å². The molecule has 4 heteroatoms. The van der Waals surface area contributed by atoms with Crippen molar-refractivity contribution in [2.45, 2.75) is 209 Å². The highest BCUT2D eigenvalue weighted by Gasteiger charge is 2.26. The van der Waals surface area contributed by atoms with Crippen molar-refractivity contribution in [1.29, 1.82) is 0 Å². The Morgan fingerprint density at radius 1 is 0.205 bits per heavy atom. The molecule has 0 saturated heterocycles. The van der Waals surface area contributed by atoms with Gasteiger partial charge < -0.3 is 56.9 Å². The highest BCUT2D eigenvalue weighted by molar-refractivity contribution is 4.54. The van der Waals surface area contributed by atoms with Gasteiger partial charge in [-0.15, -0.1) is 0 Å². The fourth-order valence-electron chi connectivity index (χ4n) is 6.81. The van der Waals surface area contributed by atoms with Crippen molar-refractivity contribution in [3.05, 3.63) is 0 Å². The summed E-state index contributed by atoms with van der Waals surface area (Å²) in [5.74, 6) is 0. The lowest BCUT2D eigenvalue weighted by Crippen LogP contribution is -3.00. The first kappa shape index (κ1) is 52.2. The third-order valence-corrected chi connectivity index (χ3v) is 9.89. The molecule has 272 valence electrons. The normalized spacial score (nSPS) is 11.5. The fraction of sp³-hybridized carbons (Fsp3) is 1.00. The zero-order valence-corrected chi connectivity index (χ0v) is 36.6. The summed E-state index contributed by atoms with van der Waals surface area (Å²) >= 11 is 0. The molecule has 0 aromatic rings. The summed E-state index contributed by atoms with van der Waals surface area (Å²) in [6.07, 6.45) is 33.9. The highest BCUT2D eigenvalue weighted by atomic mass is 127. The monoisotopic (exact) mass is 851 g/mol. The summed E-state index contributed by atoms with van der Waals surface area (Å²) in [7, 11) is 0. The van der Waals surface area contributed by atoms with E-state index >= 15 is 0 Å². The first-order valence-electron chi connectivity index (χ1n) is 20.2. The Morgan fingerprint density at radius 3 is 0.523 bits per heavy atom. The van der Waals surface area contributed by atoms with E-state index in [2.05, 4.69) is 55.4 Å². The Kier molecular flexibility index (Phi) is 48.1. The van der Waals surface area contributed by atoms with E-state index in [4.69, 9.17) is 0 Å². The third-order valence-electron chi connectivity index (χ3n) is 9.89. The van der Waals surface area contributed by atoms with Gasteiger partial charge in [-0.1, -0.05) is 132 Å². The lowest BCUT2D eigenvalue weighted by atomic mass is 10.1. The van der Waals surface area contributed by atoms with Crippen LogP contribution in [0.2, 0.25) is 0 Å². The quantitative estimate of drug-likeness (QED) is 0.0384. The van der Waals surface area contributed by atoms with Crippen LogP contribution in [0.3, 0.4) is 0 Å². The maximum absolute atomic E-state index is 2.34. The highest BCUT2D eigenvalue weighted by Crippen LogP contribution is 2.20. The largest absolute Gasteiger partial charge is 1.00 e. The number of hydrogen-bond acceptors (Lipinski definition) is 0. The van der Waals surface area contributed by atoms with Crippen LogP contribution in [0.1, 0.15) is 209 Å². The van der Waals surface area contributed by atoms with E-state index in [9.17, 15) is 0 Å². The zero-order chi connectivity index (χ0) is 31.6. The molecule has 44 heavy (non-hydrogen) atoms. The second-order valence-electron chi connectivity index (χ2n) is 14.1. The second kappa shape index (κ2) is 40.6. The first-order chi connectivity index (χ1) is 20.5. The van der Waals surface area contributed by atoms with Gasteiger partial charge in [0, 0.05) is 0 Å². The van der Waals surface area contributed by atoms with E-state index in [1.807, 2.05) is 0 Å². The minimum atomic E-state index is 0. The number of unbranched alkanes of at least 4 members (excludes halogenated alkanes) is 16. The van der Waals surface area contributed by atoms with Crippen molar-refractivity contribution >= 4 is 0 Å². The van der Waals surface area contributed by atoms with E-state index in [0.717, 1.165) is 0 Å². The molecule has 0 atom stereocenters. The third kappa shape index (κ3) is 32.0. The molecule has 0 N–H and O–H groups in total. The SMILES string of the molecule is CCCCCC[N+](CCCCCC)(CCCCCC)CCCCCC.CCCC[N+](CCCC)(CCCC)CCCC.[I-].[I-]. The van der Waals surface area contributed by atoms with Gasteiger partial charge in [-0.2, -0.15) is 0 Å². The molecule has 0 bridgehead atoms. The lowest BCUT2D eigenvalue weighted by Gasteiger charge is -2.39. The summed E-state index contributed by atoms with van der Waals surface area (Å²) in [6, 6.07) is 0. The van der Waals surface area contributed by atoms with Crippen molar-refractivity contribution in [3.8, 4) is 0 Å². The second-order valence-corrected chi connectivity index (χ2v) is 14.1. The standard InChI is InChI=1S/C24H52N.C16H36N.2HI/c1-5-9-13-17-21-25(22-18-14-10-6-2,23-19-15-11-7-3)24-20-16-12-8-4;1-5-9-13-17(14-10-6-2,15-11-7-3)16-12-8-4;;/h5-24H2,1-4H3;5-16H2,1-4H3;2*1H/q2*+1;;/p-2. The molecule has 0 rings (SSSR count). The smallest absolute Gasteiger partial charge is 0.0786 e. The van der Waals surface area contributed by atoms with Crippen LogP contribution in [0, 0.1) is 0 Å². The summed E-state index contributed by atoms with van der Waals surface area (Å²) in [4.78, 5) is 0. The molecular weight excluding hydrogens is 762 g/mol. The van der Waals surface area contributed by atoms with Crippen LogP contribution in [0.25, 0.3) is 0 Å². The molecule has 0 aliphatic rings. The van der Waals surface area contributed by atoms with Crippen LogP contribution in [-0.4, -0.2) is 61.3 Å².